The van der Waals surface area contributed by atoms with E-state index in [0.717, 1.165) is 0 Å². The number of thiol groups is 1. The minimum Gasteiger partial charge on any atom is -0.393 e. The Hall–Kier alpha value is -0.950. The number of hydrogen-bond acceptors (Lipinski definition) is 5. The summed E-state index contributed by atoms with van der Waals surface area (Å²) in [7, 11) is 0. The molecule has 1 atom stereocenters. The fraction of sp³-hybridized carbons (Fsp3) is 0.667. The second-order valence-electron chi connectivity index (χ2n) is 2.47. The monoisotopic (exact) mass is 206 g/mol. The van der Waals surface area contributed by atoms with Crippen molar-refractivity contribution in [1.82, 2.24) is 0 Å². The fourth-order valence-corrected chi connectivity index (χ4v) is 0.840. The highest BCUT2D eigenvalue weighted by atomic mass is 32.1. The van der Waals surface area contributed by atoms with E-state index in [1.54, 1.807) is 0 Å². The molecule has 0 radical (unpaired) electrons. The largest absolute Gasteiger partial charge is 0.393 e. The molecule has 6 nitrogen and oxygen atoms in total. The molecule has 0 aliphatic rings. The summed E-state index contributed by atoms with van der Waals surface area (Å²) < 4.78 is 4.14. The van der Waals surface area contributed by atoms with Crippen LogP contribution in [0.4, 0.5) is 0 Å². The van der Waals surface area contributed by atoms with E-state index in [9.17, 15) is 4.79 Å². The Bertz CT molecular complexity index is 193. The fourth-order valence-electron chi connectivity index (χ4n) is 0.705. The number of carbonyl (C=O) groups is 1. The lowest BCUT2D eigenvalue weighted by atomic mass is 10.2. The molecule has 0 amide bonds. The first-order valence-electron chi connectivity index (χ1n) is 3.74. The second kappa shape index (κ2) is 6.55. The third-order valence-corrected chi connectivity index (χ3v) is 1.54. The van der Waals surface area contributed by atoms with Crippen LogP contribution in [0.1, 0.15) is 12.8 Å². The van der Waals surface area contributed by atoms with E-state index in [1.807, 2.05) is 0 Å². The van der Waals surface area contributed by atoms with Gasteiger partial charge in [-0.05, 0) is 12.8 Å². The number of nitrogens with two attached hydrogens (primary N) is 3. The van der Waals surface area contributed by atoms with Gasteiger partial charge in [-0.25, -0.2) is 4.79 Å². The number of carbonyl (C=O) groups excluding carboxylic acids is 1. The van der Waals surface area contributed by atoms with Crippen LogP contribution in [0.15, 0.2) is 4.99 Å². The molecule has 0 aromatic rings. The minimum absolute atomic E-state index is 0.0327. The van der Waals surface area contributed by atoms with E-state index in [-0.39, 0.29) is 5.96 Å². The van der Waals surface area contributed by atoms with Gasteiger partial charge in [0.1, 0.15) is 6.04 Å². The van der Waals surface area contributed by atoms with Crippen LogP contribution in [0.2, 0.25) is 0 Å². The molecular formula is C6H14N4O2S. The Labute approximate surface area is 82.1 Å². The van der Waals surface area contributed by atoms with Gasteiger partial charge in [0.2, 0.25) is 0 Å². The summed E-state index contributed by atoms with van der Waals surface area (Å²) in [6.45, 7) is 0.454. The molecule has 6 N–H and O–H groups in total. The van der Waals surface area contributed by atoms with Crippen LogP contribution in [-0.4, -0.2) is 24.5 Å². The number of aliphatic imine (C=N–C) groups is 1. The molecule has 76 valence electrons. The summed E-state index contributed by atoms with van der Waals surface area (Å²) in [4.78, 5) is 14.5. The van der Waals surface area contributed by atoms with Crippen molar-refractivity contribution in [2.24, 2.45) is 22.2 Å². The Morgan fingerprint density at radius 1 is 1.54 bits per heavy atom. The summed E-state index contributed by atoms with van der Waals surface area (Å²) in [6, 6.07) is -0.660. The smallest absolute Gasteiger partial charge is 0.334 e. The molecule has 0 bridgehead atoms. The van der Waals surface area contributed by atoms with E-state index in [0.29, 0.717) is 19.4 Å². The average molecular weight is 206 g/mol. The molecule has 0 saturated carbocycles. The molecule has 0 aliphatic heterocycles. The van der Waals surface area contributed by atoms with Crippen LogP contribution < -0.4 is 17.2 Å². The molecule has 0 rings (SSSR count). The van der Waals surface area contributed by atoms with E-state index in [2.05, 4.69) is 22.1 Å². The number of rotatable bonds is 5. The highest BCUT2D eigenvalue weighted by Gasteiger charge is 2.12. The van der Waals surface area contributed by atoms with Crippen molar-refractivity contribution in [1.29, 1.82) is 0 Å². The van der Waals surface area contributed by atoms with Gasteiger partial charge < -0.3 is 21.4 Å². The van der Waals surface area contributed by atoms with Crippen molar-refractivity contribution in [3.8, 4) is 0 Å². The van der Waals surface area contributed by atoms with Crippen molar-refractivity contribution < 1.29 is 8.98 Å². The summed E-state index contributed by atoms with van der Waals surface area (Å²) in [6.07, 6.45) is 1.10. The van der Waals surface area contributed by atoms with E-state index >= 15 is 0 Å². The molecule has 0 fully saturated rings. The molecule has 0 saturated heterocycles. The molecule has 0 aromatic carbocycles. The van der Waals surface area contributed by atoms with Crippen LogP contribution in [0, 0.1) is 0 Å². The first-order chi connectivity index (χ1) is 6.07. The lowest BCUT2D eigenvalue weighted by Crippen LogP contribution is -2.30. The molecule has 0 heterocycles. The average Bonchev–Trinajstić information content (AvgIpc) is 2.10. The predicted molar refractivity (Wildman–Crippen MR) is 53.0 cm³/mol. The Balaban J connectivity index is 3.53. The van der Waals surface area contributed by atoms with Gasteiger partial charge >= 0.3 is 5.97 Å². The van der Waals surface area contributed by atoms with Crippen LogP contribution >= 0.6 is 12.9 Å². The summed E-state index contributed by atoms with van der Waals surface area (Å²) in [5.74, 6) is -0.515. The van der Waals surface area contributed by atoms with Crippen LogP contribution in [0.5, 0.6) is 0 Å². The molecule has 0 unspecified atom stereocenters. The van der Waals surface area contributed by atoms with Gasteiger partial charge in [-0.2, -0.15) is 0 Å². The molecular weight excluding hydrogens is 192 g/mol. The first kappa shape index (κ1) is 12.0. The van der Waals surface area contributed by atoms with Gasteiger partial charge in [0.15, 0.2) is 5.96 Å². The third kappa shape index (κ3) is 6.23. The molecule has 0 aliphatic carbocycles. The molecule has 0 aromatic heterocycles. The van der Waals surface area contributed by atoms with Gasteiger partial charge in [-0.1, -0.05) is 0 Å². The molecule has 0 spiro atoms. The van der Waals surface area contributed by atoms with Crippen LogP contribution in [-0.2, 0) is 8.98 Å². The molecule has 13 heavy (non-hydrogen) atoms. The maximum Gasteiger partial charge on any atom is 0.334 e. The van der Waals surface area contributed by atoms with E-state index < -0.39 is 12.0 Å². The SMILES string of the molecule is NC(N)=NCCC[C@H](N)C(=O)OS. The van der Waals surface area contributed by atoms with E-state index in [4.69, 9.17) is 17.2 Å². The van der Waals surface area contributed by atoms with Crippen molar-refractivity contribution in [2.45, 2.75) is 18.9 Å². The Morgan fingerprint density at radius 2 is 2.15 bits per heavy atom. The van der Waals surface area contributed by atoms with E-state index in [1.165, 1.54) is 0 Å². The van der Waals surface area contributed by atoms with Crippen molar-refractivity contribution in [2.75, 3.05) is 6.54 Å². The number of nitrogens with zero attached hydrogens (tertiary/aromatic N) is 1. The lowest BCUT2D eigenvalue weighted by Gasteiger charge is -2.06. The summed E-state index contributed by atoms with van der Waals surface area (Å²) in [5.41, 5.74) is 15.6. The minimum atomic E-state index is -0.660. The quantitative estimate of drug-likeness (QED) is 0.147. The van der Waals surface area contributed by atoms with Gasteiger partial charge in [0.25, 0.3) is 0 Å². The summed E-state index contributed by atoms with van der Waals surface area (Å²) in [5, 5.41) is 0. The van der Waals surface area contributed by atoms with Crippen LogP contribution in [0.25, 0.3) is 0 Å². The van der Waals surface area contributed by atoms with Crippen molar-refractivity contribution >= 4 is 24.8 Å². The van der Waals surface area contributed by atoms with Gasteiger partial charge in [-0.3, -0.25) is 4.99 Å². The van der Waals surface area contributed by atoms with Crippen molar-refractivity contribution in [3.05, 3.63) is 0 Å². The zero-order valence-electron chi connectivity index (χ0n) is 7.14. The topological polar surface area (TPSA) is 117 Å². The Morgan fingerprint density at radius 3 is 2.62 bits per heavy atom. The normalized spacial score (nSPS) is 11.8. The summed E-state index contributed by atoms with van der Waals surface area (Å²) >= 11 is 3.34. The highest BCUT2D eigenvalue weighted by Crippen LogP contribution is 1.98. The highest BCUT2D eigenvalue weighted by molar-refractivity contribution is 7.75. The second-order valence-corrected chi connectivity index (χ2v) is 2.65. The third-order valence-electron chi connectivity index (χ3n) is 1.36. The van der Waals surface area contributed by atoms with Gasteiger partial charge in [0, 0.05) is 19.5 Å². The van der Waals surface area contributed by atoms with Crippen molar-refractivity contribution in [3.63, 3.8) is 0 Å². The maximum atomic E-state index is 10.7. The Kier molecular flexibility index (Phi) is 6.07. The zero-order chi connectivity index (χ0) is 10.3. The number of hydrogen-bond donors (Lipinski definition) is 4. The predicted octanol–water partition coefficient (Wildman–Crippen LogP) is -1.24. The maximum absolute atomic E-state index is 10.7. The number of guanidine groups is 1. The first-order valence-corrected chi connectivity index (χ1v) is 4.10. The lowest BCUT2D eigenvalue weighted by molar-refractivity contribution is -0.134. The zero-order valence-corrected chi connectivity index (χ0v) is 8.04. The molecule has 7 heteroatoms. The standard InChI is InChI=1S/C6H14N4O2S/c7-4(5(11)12-13)2-1-3-10-6(8)9/h4,13H,1-3,7H2,(H4,8,9,10)/t4-/m0/s1. The van der Waals surface area contributed by atoms with Crippen LogP contribution in [0.3, 0.4) is 0 Å². The van der Waals surface area contributed by atoms with Gasteiger partial charge in [0.05, 0.1) is 0 Å². The van der Waals surface area contributed by atoms with Gasteiger partial charge in [-0.15, -0.1) is 0 Å².